The summed E-state index contributed by atoms with van der Waals surface area (Å²) < 4.78 is 0. The van der Waals surface area contributed by atoms with Gasteiger partial charge in [0.2, 0.25) is 5.91 Å². The number of carbonyl (C=O) groups excluding carboxylic acids is 2. The molecule has 1 saturated heterocycles. The number of thioether (sulfide) groups is 1. The number of amides is 1. The normalized spacial score (nSPS) is 20.4. The highest BCUT2D eigenvalue weighted by Crippen LogP contribution is 2.30. The van der Waals surface area contributed by atoms with Crippen LogP contribution in [0.1, 0.15) is 12.0 Å². The van der Waals surface area contributed by atoms with Crippen molar-refractivity contribution in [2.75, 3.05) is 6.26 Å². The molecule has 1 aromatic rings. The fraction of sp³-hybridized carbons (Fsp3) is 0.385. The third-order valence-corrected chi connectivity index (χ3v) is 4.04. The highest BCUT2D eigenvalue weighted by atomic mass is 32.2. The summed E-state index contributed by atoms with van der Waals surface area (Å²) in [5.74, 6) is -1.30. The minimum atomic E-state index is -1.19. The van der Waals surface area contributed by atoms with Crippen molar-refractivity contribution in [3.63, 3.8) is 0 Å². The van der Waals surface area contributed by atoms with Crippen molar-refractivity contribution in [2.24, 2.45) is 0 Å². The lowest BCUT2D eigenvalue weighted by Crippen LogP contribution is -2.61. The van der Waals surface area contributed by atoms with Gasteiger partial charge < -0.3 is 14.8 Å². The molecular formula is C13H14NO3S-. The Morgan fingerprint density at radius 2 is 2.17 bits per heavy atom. The van der Waals surface area contributed by atoms with Crippen LogP contribution < -0.4 is 5.11 Å². The summed E-state index contributed by atoms with van der Waals surface area (Å²) in [5.41, 5.74) is 0.895. The lowest BCUT2D eigenvalue weighted by Gasteiger charge is -2.45. The molecule has 0 N–H and O–H groups in total. The summed E-state index contributed by atoms with van der Waals surface area (Å²) in [6.45, 7) is 0. The Balaban J connectivity index is 2.14. The van der Waals surface area contributed by atoms with Crippen LogP contribution in [0, 0.1) is 0 Å². The van der Waals surface area contributed by atoms with Gasteiger partial charge in [0.15, 0.2) is 0 Å². The van der Waals surface area contributed by atoms with Crippen LogP contribution in [0.5, 0.6) is 0 Å². The van der Waals surface area contributed by atoms with Crippen LogP contribution in [-0.2, 0) is 16.0 Å². The third-order valence-electron chi connectivity index (χ3n) is 3.10. The second-order valence-electron chi connectivity index (χ2n) is 4.22. The van der Waals surface area contributed by atoms with Gasteiger partial charge in [0, 0.05) is 0 Å². The van der Waals surface area contributed by atoms with E-state index in [0.717, 1.165) is 5.56 Å². The van der Waals surface area contributed by atoms with E-state index >= 15 is 0 Å². The number of hydrogen-bond acceptors (Lipinski definition) is 4. The predicted molar refractivity (Wildman–Crippen MR) is 67.7 cm³/mol. The number of likely N-dealkylation sites (tertiary alicyclic amines) is 1. The predicted octanol–water partition coefficient (Wildman–Crippen LogP) is 0.269. The van der Waals surface area contributed by atoms with E-state index in [1.165, 1.54) is 16.7 Å². The number of nitrogens with zero attached hydrogens (tertiary/aromatic N) is 1. The molecule has 1 aliphatic rings. The second-order valence-corrected chi connectivity index (χ2v) is 5.24. The molecule has 2 unspecified atom stereocenters. The Bertz CT molecular complexity index is 449. The summed E-state index contributed by atoms with van der Waals surface area (Å²) in [4.78, 5) is 24.2. The maximum Gasteiger partial charge on any atom is 0.227 e. The zero-order valence-electron chi connectivity index (χ0n) is 10.0. The number of carboxylic acids is 1. The van der Waals surface area contributed by atoms with Gasteiger partial charge in [-0.25, -0.2) is 0 Å². The molecule has 1 amide bonds. The number of β-lactam (4-membered cyclic amide) rings is 1. The quantitative estimate of drug-likeness (QED) is 0.716. The highest BCUT2D eigenvalue weighted by molar-refractivity contribution is 7.99. The van der Waals surface area contributed by atoms with E-state index in [9.17, 15) is 14.7 Å². The zero-order valence-corrected chi connectivity index (χ0v) is 10.9. The third kappa shape index (κ3) is 2.51. The Morgan fingerprint density at radius 3 is 2.67 bits per heavy atom. The van der Waals surface area contributed by atoms with E-state index in [-0.39, 0.29) is 11.3 Å². The van der Waals surface area contributed by atoms with Crippen LogP contribution in [-0.4, -0.2) is 34.4 Å². The Kier molecular flexibility index (Phi) is 3.91. The van der Waals surface area contributed by atoms with Crippen LogP contribution in [0.3, 0.4) is 0 Å². The van der Waals surface area contributed by atoms with Gasteiger partial charge in [0.25, 0.3) is 0 Å². The molecule has 96 valence electrons. The lowest BCUT2D eigenvalue weighted by atomic mass is 10.0. The van der Waals surface area contributed by atoms with Crippen molar-refractivity contribution < 1.29 is 14.7 Å². The summed E-state index contributed by atoms with van der Waals surface area (Å²) in [5, 5.41) is 11.2. The van der Waals surface area contributed by atoms with Gasteiger partial charge in [-0.1, -0.05) is 30.3 Å². The topological polar surface area (TPSA) is 60.4 Å². The molecule has 1 aliphatic heterocycles. The second kappa shape index (κ2) is 5.44. The Morgan fingerprint density at radius 1 is 1.50 bits per heavy atom. The minimum Gasteiger partial charge on any atom is -0.548 e. The first kappa shape index (κ1) is 13.0. The van der Waals surface area contributed by atoms with Crippen molar-refractivity contribution in [1.82, 2.24) is 4.90 Å². The van der Waals surface area contributed by atoms with E-state index in [4.69, 9.17) is 0 Å². The number of aliphatic carboxylic acids is 1. The van der Waals surface area contributed by atoms with E-state index in [2.05, 4.69) is 0 Å². The van der Waals surface area contributed by atoms with E-state index in [1.54, 1.807) is 0 Å². The molecule has 5 heteroatoms. The molecule has 1 fully saturated rings. The number of carboxylic acid groups (broad SMARTS) is 1. The van der Waals surface area contributed by atoms with Gasteiger partial charge in [-0.05, 0) is 18.2 Å². The summed E-state index contributed by atoms with van der Waals surface area (Å²) in [7, 11) is 0. The number of carbonyl (C=O) groups is 2. The fourth-order valence-electron chi connectivity index (χ4n) is 2.11. The number of benzene rings is 1. The Hall–Kier alpha value is -1.49. The summed E-state index contributed by atoms with van der Waals surface area (Å²) >= 11 is 1.49. The highest BCUT2D eigenvalue weighted by Gasteiger charge is 2.40. The zero-order chi connectivity index (χ0) is 13.1. The number of hydrogen-bond donors (Lipinski definition) is 0. The summed E-state index contributed by atoms with van der Waals surface area (Å²) in [6, 6.07) is 8.42. The molecule has 1 aromatic carbocycles. The van der Waals surface area contributed by atoms with E-state index < -0.39 is 12.0 Å². The van der Waals surface area contributed by atoms with Crippen LogP contribution in [0.15, 0.2) is 30.3 Å². The van der Waals surface area contributed by atoms with Crippen molar-refractivity contribution >= 4 is 23.6 Å². The van der Waals surface area contributed by atoms with Gasteiger partial charge in [-0.2, -0.15) is 0 Å². The molecule has 0 aliphatic carbocycles. The van der Waals surface area contributed by atoms with Gasteiger partial charge in [-0.15, -0.1) is 11.8 Å². The number of rotatable bonds is 5. The fourth-order valence-corrected chi connectivity index (χ4v) is 2.91. The first-order valence-electron chi connectivity index (χ1n) is 5.72. The molecule has 0 saturated carbocycles. The average Bonchev–Trinajstić information content (AvgIpc) is 2.36. The molecule has 0 bridgehead atoms. The summed E-state index contributed by atoms with van der Waals surface area (Å²) in [6.07, 6.45) is 2.59. The maximum absolute atomic E-state index is 11.6. The van der Waals surface area contributed by atoms with Crippen molar-refractivity contribution in [1.29, 1.82) is 0 Å². The molecule has 2 atom stereocenters. The standard InChI is InChI=1S/C13H15NO3S/c1-18-12-8-11(15)14(12)10(13(16)17)7-9-5-3-2-4-6-9/h2-6,10,12H,7-8H2,1H3,(H,16,17)/p-1. The monoisotopic (exact) mass is 264 g/mol. The molecule has 1 heterocycles. The molecular weight excluding hydrogens is 250 g/mol. The van der Waals surface area contributed by atoms with Gasteiger partial charge in [-0.3, -0.25) is 4.79 Å². The lowest BCUT2D eigenvalue weighted by molar-refractivity contribution is -0.312. The van der Waals surface area contributed by atoms with E-state index in [1.807, 2.05) is 36.6 Å². The first-order valence-corrected chi connectivity index (χ1v) is 7.01. The van der Waals surface area contributed by atoms with Crippen molar-refractivity contribution in [3.05, 3.63) is 35.9 Å². The van der Waals surface area contributed by atoms with Crippen LogP contribution in [0.25, 0.3) is 0 Å². The Labute approximate surface area is 110 Å². The molecule has 0 aromatic heterocycles. The molecule has 2 rings (SSSR count). The van der Waals surface area contributed by atoms with Crippen molar-refractivity contribution in [3.8, 4) is 0 Å². The van der Waals surface area contributed by atoms with Crippen LogP contribution >= 0.6 is 11.8 Å². The van der Waals surface area contributed by atoms with E-state index in [0.29, 0.717) is 12.8 Å². The minimum absolute atomic E-state index is 0.0379. The van der Waals surface area contributed by atoms with Crippen molar-refractivity contribution in [2.45, 2.75) is 24.3 Å². The molecule has 4 nitrogen and oxygen atoms in total. The smallest absolute Gasteiger partial charge is 0.227 e. The molecule has 18 heavy (non-hydrogen) atoms. The van der Waals surface area contributed by atoms with Gasteiger partial charge >= 0.3 is 0 Å². The van der Waals surface area contributed by atoms with Gasteiger partial charge in [0.05, 0.1) is 23.8 Å². The maximum atomic E-state index is 11.6. The largest absolute Gasteiger partial charge is 0.548 e. The average molecular weight is 264 g/mol. The van der Waals surface area contributed by atoms with Gasteiger partial charge in [0.1, 0.15) is 0 Å². The molecule has 0 radical (unpaired) electrons. The van der Waals surface area contributed by atoms with Crippen LogP contribution in [0.4, 0.5) is 0 Å². The molecule has 0 spiro atoms. The van der Waals surface area contributed by atoms with Crippen LogP contribution in [0.2, 0.25) is 0 Å². The SMILES string of the molecule is CSC1CC(=O)N1C(Cc1ccccc1)C(=O)[O-]. The first-order chi connectivity index (χ1) is 8.63.